The van der Waals surface area contributed by atoms with Gasteiger partial charge in [0.15, 0.2) is 10.9 Å². The maximum Gasteiger partial charge on any atom is 0.264 e. The van der Waals surface area contributed by atoms with Gasteiger partial charge in [0.25, 0.3) is 5.91 Å². The topological polar surface area (TPSA) is 64.1 Å². The number of hydrogen-bond donors (Lipinski definition) is 1. The van der Waals surface area contributed by atoms with Crippen molar-refractivity contribution in [2.75, 3.05) is 11.9 Å². The van der Waals surface area contributed by atoms with Gasteiger partial charge in [-0.3, -0.25) is 10.1 Å². The molecular weight excluding hydrogens is 398 g/mol. The van der Waals surface area contributed by atoms with Gasteiger partial charge in [0.1, 0.15) is 5.75 Å². The van der Waals surface area contributed by atoms with E-state index in [1.807, 2.05) is 18.4 Å². The third-order valence-electron chi connectivity index (χ3n) is 3.07. The minimum atomic E-state index is -0.279. The van der Waals surface area contributed by atoms with Crippen LogP contribution in [0.5, 0.6) is 5.75 Å². The van der Waals surface area contributed by atoms with Crippen LogP contribution in [0.15, 0.2) is 40.1 Å². The van der Waals surface area contributed by atoms with E-state index in [1.54, 1.807) is 41.3 Å². The zero-order chi connectivity index (χ0) is 17.6. The van der Waals surface area contributed by atoms with Gasteiger partial charge in [-0.25, -0.2) is 0 Å². The number of nitrogens with zero attached hydrogens (tertiary/aromatic N) is 2. The predicted octanol–water partition coefficient (Wildman–Crippen LogP) is 4.87. The van der Waals surface area contributed by atoms with E-state index < -0.39 is 0 Å². The Balaban J connectivity index is 1.47. The predicted molar refractivity (Wildman–Crippen MR) is 104 cm³/mol. The van der Waals surface area contributed by atoms with E-state index in [0.717, 1.165) is 15.7 Å². The summed E-state index contributed by atoms with van der Waals surface area (Å²) in [5, 5.41) is 13.9. The summed E-state index contributed by atoms with van der Waals surface area (Å²) in [6.45, 7) is 1.78. The Hall–Kier alpha value is -1.61. The third-order valence-corrected chi connectivity index (χ3v) is 6.57. The van der Waals surface area contributed by atoms with Crippen LogP contribution in [0.1, 0.15) is 10.4 Å². The molecule has 3 aromatic rings. The van der Waals surface area contributed by atoms with Gasteiger partial charge in [0.05, 0.1) is 0 Å². The lowest BCUT2D eigenvalue weighted by Crippen LogP contribution is -2.20. The number of ether oxygens (including phenoxy) is 1. The highest BCUT2D eigenvalue weighted by Crippen LogP contribution is 2.29. The first kappa shape index (κ1) is 18.2. The minimum Gasteiger partial charge on any atom is -0.484 e. The van der Waals surface area contributed by atoms with Gasteiger partial charge in [-0.05, 0) is 42.1 Å². The van der Waals surface area contributed by atoms with Crippen molar-refractivity contribution in [2.45, 2.75) is 17.0 Å². The van der Waals surface area contributed by atoms with Gasteiger partial charge in [0.2, 0.25) is 5.13 Å². The Labute approximate surface area is 162 Å². The van der Waals surface area contributed by atoms with Crippen molar-refractivity contribution in [1.82, 2.24) is 10.2 Å². The molecule has 0 fully saturated rings. The summed E-state index contributed by atoms with van der Waals surface area (Å²) in [5.41, 5.74) is 0.899. The summed E-state index contributed by atoms with van der Waals surface area (Å²) in [4.78, 5) is 13.2. The number of anilines is 1. The summed E-state index contributed by atoms with van der Waals surface area (Å²) < 4.78 is 6.28. The van der Waals surface area contributed by atoms with E-state index in [0.29, 0.717) is 15.9 Å². The fourth-order valence-electron chi connectivity index (χ4n) is 1.86. The third kappa shape index (κ3) is 5.43. The highest BCUT2D eigenvalue weighted by Gasteiger charge is 2.10. The van der Waals surface area contributed by atoms with Gasteiger partial charge in [-0.2, -0.15) is 0 Å². The number of halogens is 1. The van der Waals surface area contributed by atoms with Crippen LogP contribution in [0.25, 0.3) is 0 Å². The zero-order valence-electron chi connectivity index (χ0n) is 13.2. The van der Waals surface area contributed by atoms with E-state index in [2.05, 4.69) is 21.6 Å². The van der Waals surface area contributed by atoms with Crippen molar-refractivity contribution in [3.63, 3.8) is 0 Å². The number of thioether (sulfide) groups is 1. The molecule has 25 heavy (non-hydrogen) atoms. The largest absolute Gasteiger partial charge is 0.484 e. The molecule has 0 atom stereocenters. The molecule has 0 radical (unpaired) electrons. The molecule has 0 spiro atoms. The molecule has 1 amide bonds. The number of benzene rings is 1. The molecule has 0 aliphatic rings. The SMILES string of the molecule is Cc1cc(OCC(=O)Nc2nnc(SCc3cccs3)s2)ccc1Cl. The summed E-state index contributed by atoms with van der Waals surface area (Å²) in [6.07, 6.45) is 0. The Morgan fingerprint density at radius 1 is 1.36 bits per heavy atom. The number of rotatable bonds is 7. The fourth-order valence-corrected chi connectivity index (χ4v) is 4.52. The second-order valence-electron chi connectivity index (χ2n) is 4.99. The molecule has 5 nitrogen and oxygen atoms in total. The van der Waals surface area contributed by atoms with Crippen LogP contribution < -0.4 is 10.1 Å². The first-order valence-corrected chi connectivity index (χ1v) is 10.3. The van der Waals surface area contributed by atoms with Crippen molar-refractivity contribution < 1.29 is 9.53 Å². The number of nitrogens with one attached hydrogen (secondary N) is 1. The molecule has 130 valence electrons. The molecular formula is C16H14ClN3O2S3. The average Bonchev–Trinajstić information content (AvgIpc) is 3.26. The molecule has 0 unspecified atom stereocenters. The zero-order valence-corrected chi connectivity index (χ0v) is 16.4. The highest BCUT2D eigenvalue weighted by molar-refractivity contribution is 8.00. The van der Waals surface area contributed by atoms with Gasteiger partial charge < -0.3 is 4.74 Å². The quantitative estimate of drug-likeness (QED) is 0.443. The van der Waals surface area contributed by atoms with E-state index in [-0.39, 0.29) is 12.5 Å². The van der Waals surface area contributed by atoms with E-state index in [1.165, 1.54) is 16.2 Å². The molecule has 3 rings (SSSR count). The molecule has 2 aromatic heterocycles. The molecule has 0 aliphatic carbocycles. The van der Waals surface area contributed by atoms with Gasteiger partial charge in [-0.1, -0.05) is 40.8 Å². The molecule has 9 heteroatoms. The number of aromatic nitrogens is 2. The number of thiophene rings is 1. The number of aryl methyl sites for hydroxylation is 1. The van der Waals surface area contributed by atoms with Crippen LogP contribution in [0.2, 0.25) is 5.02 Å². The average molecular weight is 412 g/mol. The molecule has 2 heterocycles. The first-order valence-electron chi connectivity index (χ1n) is 7.27. The Morgan fingerprint density at radius 3 is 3.00 bits per heavy atom. The van der Waals surface area contributed by atoms with Crippen molar-refractivity contribution in [3.8, 4) is 5.75 Å². The lowest BCUT2D eigenvalue weighted by molar-refractivity contribution is -0.118. The lowest BCUT2D eigenvalue weighted by atomic mass is 10.2. The summed E-state index contributed by atoms with van der Waals surface area (Å²) in [7, 11) is 0. The van der Waals surface area contributed by atoms with Crippen molar-refractivity contribution in [3.05, 3.63) is 51.2 Å². The van der Waals surface area contributed by atoms with Gasteiger partial charge in [-0.15, -0.1) is 21.5 Å². The maximum atomic E-state index is 12.0. The van der Waals surface area contributed by atoms with Gasteiger partial charge >= 0.3 is 0 Å². The van der Waals surface area contributed by atoms with Crippen LogP contribution in [0.3, 0.4) is 0 Å². The van der Waals surface area contributed by atoms with Crippen molar-refractivity contribution >= 4 is 57.1 Å². The van der Waals surface area contributed by atoms with Crippen LogP contribution in [-0.4, -0.2) is 22.7 Å². The van der Waals surface area contributed by atoms with E-state index in [9.17, 15) is 4.79 Å². The summed E-state index contributed by atoms with van der Waals surface area (Å²) in [6, 6.07) is 9.37. The number of carbonyl (C=O) groups excluding carboxylic acids is 1. The molecule has 0 bridgehead atoms. The second-order valence-corrected chi connectivity index (χ2v) is 8.63. The van der Waals surface area contributed by atoms with Crippen LogP contribution in [0.4, 0.5) is 5.13 Å². The van der Waals surface area contributed by atoms with E-state index in [4.69, 9.17) is 16.3 Å². The normalized spacial score (nSPS) is 10.6. The Kier molecular flexibility index (Phi) is 6.30. The molecule has 0 saturated carbocycles. The number of hydrogen-bond acceptors (Lipinski definition) is 7. The maximum absolute atomic E-state index is 12.0. The van der Waals surface area contributed by atoms with Crippen LogP contribution in [-0.2, 0) is 10.5 Å². The van der Waals surface area contributed by atoms with Crippen LogP contribution in [0, 0.1) is 6.92 Å². The lowest BCUT2D eigenvalue weighted by Gasteiger charge is -2.07. The standard InChI is InChI=1S/C16H14ClN3O2S3/c1-10-7-11(4-5-13(10)17)22-8-14(21)18-15-19-20-16(25-15)24-9-12-3-2-6-23-12/h2-7H,8-9H2,1H3,(H,18,19,21). The van der Waals surface area contributed by atoms with Crippen molar-refractivity contribution in [2.24, 2.45) is 0 Å². The fraction of sp³-hybridized carbons (Fsp3) is 0.188. The second kappa shape index (κ2) is 8.66. The van der Waals surface area contributed by atoms with Crippen LogP contribution >= 0.6 is 46.0 Å². The molecule has 1 aromatic carbocycles. The molecule has 1 N–H and O–H groups in total. The molecule has 0 saturated heterocycles. The van der Waals surface area contributed by atoms with Gasteiger partial charge in [0, 0.05) is 15.7 Å². The Morgan fingerprint density at radius 2 is 2.24 bits per heavy atom. The minimum absolute atomic E-state index is 0.0989. The summed E-state index contributed by atoms with van der Waals surface area (Å²) in [5.74, 6) is 1.17. The van der Waals surface area contributed by atoms with E-state index >= 15 is 0 Å². The Bertz CT molecular complexity index is 852. The summed E-state index contributed by atoms with van der Waals surface area (Å²) >= 11 is 10.6. The molecule has 0 aliphatic heterocycles. The number of amides is 1. The van der Waals surface area contributed by atoms with Crippen molar-refractivity contribution in [1.29, 1.82) is 0 Å². The smallest absolute Gasteiger partial charge is 0.264 e. The highest BCUT2D eigenvalue weighted by atomic mass is 35.5. The monoisotopic (exact) mass is 411 g/mol. The number of carbonyl (C=O) groups is 1. The first-order chi connectivity index (χ1) is 12.1.